The Labute approximate surface area is 200 Å². The molecule has 182 valence electrons. The van der Waals surface area contributed by atoms with E-state index in [0.717, 1.165) is 24.8 Å². The minimum absolute atomic E-state index is 0.0670. The molecule has 8 nitrogen and oxygen atoms in total. The second kappa shape index (κ2) is 9.02. The maximum atomic E-state index is 13.7. The molecule has 2 aromatic heterocycles. The predicted octanol–water partition coefficient (Wildman–Crippen LogP) is 4.97. The Kier molecular flexibility index (Phi) is 6.42. The Balaban J connectivity index is 1.67. The lowest BCUT2D eigenvalue weighted by Gasteiger charge is -2.25. The van der Waals surface area contributed by atoms with Crippen LogP contribution in [0.5, 0.6) is 0 Å². The topological polar surface area (TPSA) is 111 Å². The van der Waals surface area contributed by atoms with E-state index in [9.17, 15) is 13.2 Å². The van der Waals surface area contributed by atoms with E-state index in [4.69, 9.17) is 9.26 Å². The maximum absolute atomic E-state index is 13.7. The molecule has 0 bridgehead atoms. The number of nitrogens with zero attached hydrogens (tertiary/aromatic N) is 2. The third kappa shape index (κ3) is 5.09. The molecular weight excluding hydrogens is 454 g/mol. The van der Waals surface area contributed by atoms with Crippen LogP contribution in [0.3, 0.4) is 0 Å². The molecule has 1 N–H and O–H groups in total. The van der Waals surface area contributed by atoms with Crippen LogP contribution in [-0.2, 0) is 14.6 Å². The fourth-order valence-electron chi connectivity index (χ4n) is 4.70. The molecule has 3 aromatic rings. The number of carbonyl (C=O) groups is 1. The number of hydrogen-bond donors (Lipinski definition) is 1. The van der Waals surface area contributed by atoms with Gasteiger partial charge >= 0.3 is 6.09 Å². The summed E-state index contributed by atoms with van der Waals surface area (Å²) in [5, 5.41) is 7.48. The number of nitrogens with one attached hydrogen (secondary N) is 1. The Bertz CT molecular complexity index is 1300. The number of carbonyl (C=O) groups excluding carboxylic acids is 1. The molecule has 0 spiro atoms. The molecule has 0 aliphatic heterocycles. The third-order valence-corrected chi connectivity index (χ3v) is 8.01. The van der Waals surface area contributed by atoms with Crippen molar-refractivity contribution < 1.29 is 22.5 Å². The number of amides is 1. The summed E-state index contributed by atoms with van der Waals surface area (Å²) < 4.78 is 38.2. The summed E-state index contributed by atoms with van der Waals surface area (Å²) in [7, 11) is -3.70. The van der Waals surface area contributed by atoms with Gasteiger partial charge in [-0.2, -0.15) is 0 Å². The molecule has 2 atom stereocenters. The molecule has 1 aliphatic rings. The third-order valence-electron chi connectivity index (χ3n) is 6.13. The first kappa shape index (κ1) is 24.2. The van der Waals surface area contributed by atoms with Crippen LogP contribution in [-0.4, -0.2) is 42.0 Å². The van der Waals surface area contributed by atoms with Crippen molar-refractivity contribution in [3.8, 4) is 11.1 Å². The van der Waals surface area contributed by atoms with Gasteiger partial charge in [0.05, 0.1) is 21.9 Å². The summed E-state index contributed by atoms with van der Waals surface area (Å²) in [6, 6.07) is 6.82. The molecule has 9 heteroatoms. The molecule has 1 fully saturated rings. The van der Waals surface area contributed by atoms with Gasteiger partial charge in [0.25, 0.3) is 0 Å². The fourth-order valence-corrected chi connectivity index (χ4v) is 6.66. The lowest BCUT2D eigenvalue weighted by Crippen LogP contribution is -2.42. The summed E-state index contributed by atoms with van der Waals surface area (Å²) in [5.41, 5.74) is 2.14. The van der Waals surface area contributed by atoms with Crippen molar-refractivity contribution in [1.82, 2.24) is 15.5 Å². The highest BCUT2D eigenvalue weighted by molar-refractivity contribution is 7.91. The number of pyridine rings is 1. The van der Waals surface area contributed by atoms with E-state index in [-0.39, 0.29) is 22.6 Å². The van der Waals surface area contributed by atoms with E-state index in [1.54, 1.807) is 52.1 Å². The standard InChI is InChI=1S/C25H31N3O5S/c1-15-23(16(2)33-28-15)18-12-21-19(9-7-11-26-21)22(13-18)34(30,31)14-17-8-6-10-20(17)27-24(29)32-25(3,4)5/h7,9,11-13,17,20H,6,8,10,14H2,1-5H3,(H,27,29)/t17-,20?/m0/s1. The van der Waals surface area contributed by atoms with Gasteiger partial charge in [0, 0.05) is 23.2 Å². The van der Waals surface area contributed by atoms with E-state index >= 15 is 0 Å². The molecule has 1 saturated carbocycles. The van der Waals surface area contributed by atoms with Crippen LogP contribution in [0.25, 0.3) is 22.0 Å². The van der Waals surface area contributed by atoms with Crippen molar-refractivity contribution in [3.63, 3.8) is 0 Å². The van der Waals surface area contributed by atoms with Crippen molar-refractivity contribution in [1.29, 1.82) is 0 Å². The van der Waals surface area contributed by atoms with Gasteiger partial charge in [0.1, 0.15) is 11.4 Å². The lowest BCUT2D eigenvalue weighted by atomic mass is 10.0. The van der Waals surface area contributed by atoms with E-state index in [2.05, 4.69) is 15.5 Å². The Morgan fingerprint density at radius 2 is 2.00 bits per heavy atom. The van der Waals surface area contributed by atoms with E-state index in [1.807, 2.05) is 13.0 Å². The highest BCUT2D eigenvalue weighted by Crippen LogP contribution is 2.35. The smallest absolute Gasteiger partial charge is 0.407 e. The monoisotopic (exact) mass is 485 g/mol. The van der Waals surface area contributed by atoms with Crippen LogP contribution < -0.4 is 5.32 Å². The zero-order valence-corrected chi connectivity index (χ0v) is 21.0. The number of aryl methyl sites for hydroxylation is 2. The molecule has 4 rings (SSSR count). The zero-order chi connectivity index (χ0) is 24.7. The zero-order valence-electron chi connectivity index (χ0n) is 20.2. The molecule has 1 unspecified atom stereocenters. The van der Waals surface area contributed by atoms with Crippen molar-refractivity contribution in [2.75, 3.05) is 5.75 Å². The average molecular weight is 486 g/mol. The number of fused-ring (bicyclic) bond motifs is 1. The Morgan fingerprint density at radius 3 is 2.68 bits per heavy atom. The number of alkyl carbamates (subject to hydrolysis) is 1. The summed E-state index contributed by atoms with van der Waals surface area (Å²) in [4.78, 5) is 17.0. The highest BCUT2D eigenvalue weighted by Gasteiger charge is 2.35. The van der Waals surface area contributed by atoms with Crippen LogP contribution >= 0.6 is 0 Å². The van der Waals surface area contributed by atoms with Gasteiger partial charge in [-0.1, -0.05) is 11.6 Å². The number of hydrogen-bond acceptors (Lipinski definition) is 7. The number of rotatable bonds is 5. The molecule has 34 heavy (non-hydrogen) atoms. The van der Waals surface area contributed by atoms with Crippen molar-refractivity contribution in [2.24, 2.45) is 5.92 Å². The van der Waals surface area contributed by atoms with Gasteiger partial charge < -0.3 is 14.6 Å². The molecule has 1 aromatic carbocycles. The second-order valence-electron chi connectivity index (χ2n) is 9.97. The van der Waals surface area contributed by atoms with E-state index in [1.165, 1.54) is 0 Å². The SMILES string of the molecule is Cc1noc(C)c1-c1cc(S(=O)(=O)C[C@@H]2CCCC2NC(=O)OC(C)(C)C)c2cccnc2c1. The minimum Gasteiger partial charge on any atom is -0.444 e. The van der Waals surface area contributed by atoms with Gasteiger partial charge in [-0.05, 0) is 83.2 Å². The molecular formula is C25H31N3O5S. The van der Waals surface area contributed by atoms with Gasteiger partial charge in [-0.15, -0.1) is 0 Å². The fraction of sp³-hybridized carbons (Fsp3) is 0.480. The van der Waals surface area contributed by atoms with Gasteiger partial charge in [0.15, 0.2) is 9.84 Å². The number of benzene rings is 1. The molecule has 1 aliphatic carbocycles. The maximum Gasteiger partial charge on any atom is 0.407 e. The largest absolute Gasteiger partial charge is 0.444 e. The van der Waals surface area contributed by atoms with Gasteiger partial charge in [-0.25, -0.2) is 13.2 Å². The summed E-state index contributed by atoms with van der Waals surface area (Å²) in [5.74, 6) is 0.350. The van der Waals surface area contributed by atoms with Gasteiger partial charge in [-0.3, -0.25) is 4.98 Å². The first-order valence-electron chi connectivity index (χ1n) is 11.5. The first-order chi connectivity index (χ1) is 15.9. The first-order valence-corrected chi connectivity index (χ1v) is 13.1. The summed E-state index contributed by atoms with van der Waals surface area (Å²) >= 11 is 0. The van der Waals surface area contributed by atoms with Crippen LogP contribution in [0.1, 0.15) is 51.5 Å². The summed E-state index contributed by atoms with van der Waals surface area (Å²) in [6.45, 7) is 9.03. The lowest BCUT2D eigenvalue weighted by molar-refractivity contribution is 0.0495. The van der Waals surface area contributed by atoms with Crippen molar-refractivity contribution >= 4 is 26.8 Å². The molecule has 0 saturated heterocycles. The minimum atomic E-state index is -3.70. The summed E-state index contributed by atoms with van der Waals surface area (Å²) in [6.07, 6.45) is 3.42. The van der Waals surface area contributed by atoms with Crippen LogP contribution in [0, 0.1) is 19.8 Å². The Morgan fingerprint density at radius 1 is 1.24 bits per heavy atom. The van der Waals surface area contributed by atoms with Gasteiger partial charge in [0.2, 0.25) is 0 Å². The number of aromatic nitrogens is 2. The second-order valence-corrected chi connectivity index (χ2v) is 12.0. The van der Waals surface area contributed by atoms with Crippen molar-refractivity contribution in [3.05, 3.63) is 41.9 Å². The van der Waals surface area contributed by atoms with E-state index in [0.29, 0.717) is 27.9 Å². The predicted molar refractivity (Wildman–Crippen MR) is 129 cm³/mol. The quantitative estimate of drug-likeness (QED) is 0.543. The number of sulfone groups is 1. The Hall–Kier alpha value is -2.94. The normalized spacial score (nSPS) is 18.9. The average Bonchev–Trinajstić information content (AvgIpc) is 3.30. The van der Waals surface area contributed by atoms with Crippen LogP contribution in [0.15, 0.2) is 39.9 Å². The molecule has 2 heterocycles. The van der Waals surface area contributed by atoms with Crippen LogP contribution in [0.2, 0.25) is 0 Å². The van der Waals surface area contributed by atoms with E-state index < -0.39 is 21.5 Å². The number of ether oxygens (including phenoxy) is 1. The molecule has 1 amide bonds. The van der Waals surface area contributed by atoms with Crippen molar-refractivity contribution in [2.45, 2.75) is 70.4 Å². The van der Waals surface area contributed by atoms with Crippen LogP contribution in [0.4, 0.5) is 4.79 Å². The highest BCUT2D eigenvalue weighted by atomic mass is 32.2. The molecule has 0 radical (unpaired) electrons.